The van der Waals surface area contributed by atoms with Crippen molar-refractivity contribution < 1.29 is 4.79 Å². The summed E-state index contributed by atoms with van der Waals surface area (Å²) in [5.41, 5.74) is 3.35. The number of benzene rings is 2. The van der Waals surface area contributed by atoms with E-state index in [1.165, 1.54) is 12.1 Å². The van der Waals surface area contributed by atoms with Gasteiger partial charge < -0.3 is 15.1 Å². The molecule has 0 unspecified atom stereocenters. The molecule has 28 heavy (non-hydrogen) atoms. The number of hydrogen-bond donors (Lipinski definition) is 1. The van der Waals surface area contributed by atoms with Gasteiger partial charge in [-0.25, -0.2) is 4.79 Å². The Morgan fingerprint density at radius 3 is 2.50 bits per heavy atom. The van der Waals surface area contributed by atoms with Crippen LogP contribution in [0.1, 0.15) is 18.4 Å². The molecule has 2 amide bonds. The van der Waals surface area contributed by atoms with Gasteiger partial charge in [0.15, 0.2) is 0 Å². The van der Waals surface area contributed by atoms with E-state index in [1.807, 2.05) is 36.1 Å². The number of amides is 2. The molecule has 4 rings (SSSR count). The fraction of sp³-hybridized carbons (Fsp3) is 0.435. The quantitative estimate of drug-likeness (QED) is 0.883. The number of nitrogens with zero attached hydrogens (tertiary/aromatic N) is 3. The number of hydrogen-bond acceptors (Lipinski definition) is 3. The first-order valence-corrected chi connectivity index (χ1v) is 10.4. The second kappa shape index (κ2) is 8.65. The van der Waals surface area contributed by atoms with Gasteiger partial charge in [-0.05, 0) is 49.6 Å². The summed E-state index contributed by atoms with van der Waals surface area (Å²) in [4.78, 5) is 19.8. The second-order valence-corrected chi connectivity index (χ2v) is 7.90. The van der Waals surface area contributed by atoms with Crippen molar-refractivity contribution >= 4 is 17.4 Å². The van der Waals surface area contributed by atoms with Gasteiger partial charge >= 0.3 is 6.03 Å². The smallest absolute Gasteiger partial charge is 0.321 e. The second-order valence-electron chi connectivity index (χ2n) is 7.90. The summed E-state index contributed by atoms with van der Waals surface area (Å²) >= 11 is 0. The lowest BCUT2D eigenvalue weighted by Gasteiger charge is -2.43. The molecule has 1 N–H and O–H groups in total. The molecule has 2 aliphatic rings. The highest BCUT2D eigenvalue weighted by molar-refractivity contribution is 5.89. The first kappa shape index (κ1) is 18.8. The average molecular weight is 379 g/mol. The minimum Gasteiger partial charge on any atom is -0.369 e. The normalized spacial score (nSPS) is 20.8. The SMILES string of the molecule is Cc1cccc(NC(=O)N2CCC[C@H](N3CCN(c4ccccc4)CC3)C2)c1. The predicted molar refractivity (Wildman–Crippen MR) is 115 cm³/mol. The van der Waals surface area contributed by atoms with E-state index in [9.17, 15) is 4.79 Å². The molecule has 0 bridgehead atoms. The zero-order chi connectivity index (χ0) is 19.3. The van der Waals surface area contributed by atoms with Crippen LogP contribution in [0, 0.1) is 6.92 Å². The Kier molecular flexibility index (Phi) is 5.81. The Bertz CT molecular complexity index is 786. The third kappa shape index (κ3) is 4.47. The molecule has 5 nitrogen and oxygen atoms in total. The molecule has 2 fully saturated rings. The Balaban J connectivity index is 1.31. The summed E-state index contributed by atoms with van der Waals surface area (Å²) in [6, 6.07) is 19.1. The zero-order valence-electron chi connectivity index (χ0n) is 16.7. The van der Waals surface area contributed by atoms with Crippen molar-refractivity contribution in [1.82, 2.24) is 9.80 Å². The number of para-hydroxylation sites is 1. The van der Waals surface area contributed by atoms with Crippen LogP contribution in [0.15, 0.2) is 54.6 Å². The molecular weight excluding hydrogens is 348 g/mol. The molecule has 5 heteroatoms. The number of piperazine rings is 1. The van der Waals surface area contributed by atoms with Gasteiger partial charge in [-0.1, -0.05) is 30.3 Å². The van der Waals surface area contributed by atoms with Crippen molar-refractivity contribution in [1.29, 1.82) is 0 Å². The number of anilines is 2. The van der Waals surface area contributed by atoms with Crippen LogP contribution in [0.3, 0.4) is 0 Å². The largest absolute Gasteiger partial charge is 0.369 e. The van der Waals surface area contributed by atoms with Gasteiger partial charge in [0, 0.05) is 56.7 Å². The molecule has 148 valence electrons. The summed E-state index contributed by atoms with van der Waals surface area (Å²) < 4.78 is 0. The third-order valence-corrected chi connectivity index (χ3v) is 5.91. The fourth-order valence-corrected chi connectivity index (χ4v) is 4.35. The summed E-state index contributed by atoms with van der Waals surface area (Å²) in [5.74, 6) is 0. The highest BCUT2D eigenvalue weighted by Gasteiger charge is 2.30. The summed E-state index contributed by atoms with van der Waals surface area (Å²) in [6.07, 6.45) is 2.25. The van der Waals surface area contributed by atoms with Crippen LogP contribution in [-0.2, 0) is 0 Å². The molecule has 0 saturated carbocycles. The van der Waals surface area contributed by atoms with Gasteiger partial charge in [-0.15, -0.1) is 0 Å². The van der Waals surface area contributed by atoms with E-state index in [0.29, 0.717) is 6.04 Å². The number of carbonyl (C=O) groups is 1. The molecular formula is C23H30N4O. The lowest BCUT2D eigenvalue weighted by atomic mass is 10.0. The Hall–Kier alpha value is -2.53. The standard InChI is InChI=1S/C23H30N4O/c1-19-7-5-8-20(17-19)24-23(28)27-12-6-11-22(18-27)26-15-13-25(14-16-26)21-9-3-2-4-10-21/h2-5,7-10,17,22H,6,11-16,18H2,1H3,(H,24,28)/t22-/m0/s1. The van der Waals surface area contributed by atoms with E-state index < -0.39 is 0 Å². The van der Waals surface area contributed by atoms with Gasteiger partial charge in [0.1, 0.15) is 0 Å². The number of piperidine rings is 1. The zero-order valence-corrected chi connectivity index (χ0v) is 16.7. The van der Waals surface area contributed by atoms with Crippen LogP contribution in [-0.4, -0.2) is 61.1 Å². The summed E-state index contributed by atoms with van der Waals surface area (Å²) in [5, 5.41) is 3.06. The molecule has 2 heterocycles. The molecule has 0 aromatic heterocycles. The molecule has 0 spiro atoms. The van der Waals surface area contributed by atoms with Crippen LogP contribution in [0.2, 0.25) is 0 Å². The molecule has 2 aromatic rings. The maximum atomic E-state index is 12.7. The van der Waals surface area contributed by atoms with Crippen molar-refractivity contribution in [2.75, 3.05) is 49.5 Å². The van der Waals surface area contributed by atoms with Crippen LogP contribution >= 0.6 is 0 Å². The van der Waals surface area contributed by atoms with E-state index in [1.54, 1.807) is 0 Å². The molecule has 2 aromatic carbocycles. The minimum absolute atomic E-state index is 0.0261. The van der Waals surface area contributed by atoms with E-state index in [2.05, 4.69) is 45.4 Å². The molecule has 1 atom stereocenters. The number of urea groups is 1. The third-order valence-electron chi connectivity index (χ3n) is 5.91. The van der Waals surface area contributed by atoms with Gasteiger partial charge in [-0.2, -0.15) is 0 Å². The topological polar surface area (TPSA) is 38.8 Å². The molecule has 0 aliphatic carbocycles. The van der Waals surface area contributed by atoms with Crippen molar-refractivity contribution in [2.45, 2.75) is 25.8 Å². The van der Waals surface area contributed by atoms with Gasteiger partial charge in [0.05, 0.1) is 0 Å². The van der Waals surface area contributed by atoms with Crippen molar-refractivity contribution in [3.8, 4) is 0 Å². The molecule has 0 radical (unpaired) electrons. The molecule has 2 aliphatic heterocycles. The summed E-state index contributed by atoms with van der Waals surface area (Å²) in [6.45, 7) is 7.94. The maximum Gasteiger partial charge on any atom is 0.321 e. The van der Waals surface area contributed by atoms with E-state index in [0.717, 1.165) is 56.9 Å². The first-order chi connectivity index (χ1) is 13.7. The Labute approximate surface area is 167 Å². The van der Waals surface area contributed by atoms with Gasteiger partial charge in [0.25, 0.3) is 0 Å². The lowest BCUT2D eigenvalue weighted by Crippen LogP contribution is -2.56. The van der Waals surface area contributed by atoms with Crippen molar-refractivity contribution in [2.24, 2.45) is 0 Å². The predicted octanol–water partition coefficient (Wildman–Crippen LogP) is 3.81. The van der Waals surface area contributed by atoms with Crippen LogP contribution in [0.5, 0.6) is 0 Å². The van der Waals surface area contributed by atoms with E-state index in [-0.39, 0.29) is 6.03 Å². The van der Waals surface area contributed by atoms with Crippen LogP contribution in [0.4, 0.5) is 16.2 Å². The Morgan fingerprint density at radius 2 is 1.75 bits per heavy atom. The van der Waals surface area contributed by atoms with Gasteiger partial charge in [-0.3, -0.25) is 4.90 Å². The number of nitrogens with one attached hydrogen (secondary N) is 1. The van der Waals surface area contributed by atoms with Gasteiger partial charge in [0.2, 0.25) is 0 Å². The molecule has 2 saturated heterocycles. The fourth-order valence-electron chi connectivity index (χ4n) is 4.35. The first-order valence-electron chi connectivity index (χ1n) is 10.4. The number of rotatable bonds is 3. The maximum absolute atomic E-state index is 12.7. The lowest BCUT2D eigenvalue weighted by molar-refractivity contribution is 0.108. The van der Waals surface area contributed by atoms with Crippen LogP contribution in [0.25, 0.3) is 0 Å². The number of likely N-dealkylation sites (tertiary alicyclic amines) is 1. The van der Waals surface area contributed by atoms with E-state index in [4.69, 9.17) is 0 Å². The number of carbonyl (C=O) groups excluding carboxylic acids is 1. The highest BCUT2D eigenvalue weighted by Crippen LogP contribution is 2.21. The highest BCUT2D eigenvalue weighted by atomic mass is 16.2. The van der Waals surface area contributed by atoms with Crippen molar-refractivity contribution in [3.05, 3.63) is 60.2 Å². The van der Waals surface area contributed by atoms with Crippen LogP contribution < -0.4 is 10.2 Å². The number of aryl methyl sites for hydroxylation is 1. The van der Waals surface area contributed by atoms with E-state index >= 15 is 0 Å². The van der Waals surface area contributed by atoms with Crippen molar-refractivity contribution in [3.63, 3.8) is 0 Å². The monoisotopic (exact) mass is 378 g/mol. The minimum atomic E-state index is 0.0261. The summed E-state index contributed by atoms with van der Waals surface area (Å²) in [7, 11) is 0. The Morgan fingerprint density at radius 1 is 0.964 bits per heavy atom. The average Bonchev–Trinajstić information content (AvgIpc) is 2.75.